The van der Waals surface area contributed by atoms with Crippen LogP contribution in [0.3, 0.4) is 0 Å². The van der Waals surface area contributed by atoms with E-state index in [9.17, 15) is 9.90 Å². The van der Waals surface area contributed by atoms with Gasteiger partial charge in [-0.2, -0.15) is 0 Å². The number of aliphatic hydroxyl groups is 1. The van der Waals surface area contributed by atoms with Crippen molar-refractivity contribution in [2.24, 2.45) is 0 Å². The van der Waals surface area contributed by atoms with Crippen molar-refractivity contribution >= 4 is 5.94 Å². The predicted octanol–water partition coefficient (Wildman–Crippen LogP) is 1.71. The zero-order valence-corrected chi connectivity index (χ0v) is 7.05. The van der Waals surface area contributed by atoms with E-state index < -0.39 is 0 Å². The van der Waals surface area contributed by atoms with Crippen molar-refractivity contribution in [3.63, 3.8) is 0 Å². The number of hydrogen-bond acceptors (Lipinski definition) is 2. The monoisotopic (exact) mass is 156 g/mol. The lowest BCUT2D eigenvalue weighted by atomic mass is 10.1. The maximum Gasteiger partial charge on any atom is 0.120 e. The van der Waals surface area contributed by atoms with Gasteiger partial charge in [0, 0.05) is 12.5 Å². The number of carbonyl (C=O) groups excluding carboxylic acids is 1. The van der Waals surface area contributed by atoms with E-state index in [0.717, 1.165) is 25.7 Å². The standard InChI is InChI=1S/C9H16O2/c1-2-3-4-6-9(11)7-5-8-10/h5,9,11H,2-4,6-7H2,1H3. The average molecular weight is 156 g/mol. The van der Waals surface area contributed by atoms with Crippen molar-refractivity contribution in [2.75, 3.05) is 0 Å². The predicted molar refractivity (Wildman–Crippen MR) is 45.0 cm³/mol. The van der Waals surface area contributed by atoms with E-state index in [0.29, 0.717) is 6.42 Å². The fraction of sp³-hybridized carbons (Fsp3) is 0.778. The normalized spacial score (nSPS) is 12.2. The molecule has 0 spiro atoms. The number of rotatable bonds is 6. The van der Waals surface area contributed by atoms with Gasteiger partial charge in [-0.1, -0.05) is 26.2 Å². The Hall–Kier alpha value is -0.590. The molecule has 1 unspecified atom stereocenters. The fourth-order valence-corrected chi connectivity index (χ4v) is 0.932. The fourth-order valence-electron chi connectivity index (χ4n) is 0.932. The molecule has 0 heterocycles. The SMILES string of the molecule is CCCCCC(O)CC=C=O. The second-order valence-electron chi connectivity index (χ2n) is 2.71. The number of aliphatic hydroxyl groups excluding tert-OH is 1. The third-order valence-electron chi connectivity index (χ3n) is 1.61. The Morgan fingerprint density at radius 3 is 2.82 bits per heavy atom. The van der Waals surface area contributed by atoms with Gasteiger partial charge >= 0.3 is 0 Å². The number of unbranched alkanes of at least 4 members (excludes halogenated alkanes) is 2. The van der Waals surface area contributed by atoms with Crippen LogP contribution in [0, 0.1) is 0 Å². The van der Waals surface area contributed by atoms with Crippen LogP contribution in [0.15, 0.2) is 6.08 Å². The summed E-state index contributed by atoms with van der Waals surface area (Å²) in [5.41, 5.74) is 0. The molecule has 0 aliphatic carbocycles. The maximum atomic E-state index is 9.75. The molecule has 0 aromatic carbocycles. The Labute approximate surface area is 67.9 Å². The zero-order valence-electron chi connectivity index (χ0n) is 7.05. The van der Waals surface area contributed by atoms with Gasteiger partial charge in [-0.25, -0.2) is 4.79 Å². The molecular formula is C9H16O2. The lowest BCUT2D eigenvalue weighted by Gasteiger charge is -2.04. The molecule has 0 saturated carbocycles. The van der Waals surface area contributed by atoms with E-state index in [1.807, 2.05) is 0 Å². The zero-order chi connectivity index (χ0) is 8.53. The van der Waals surface area contributed by atoms with Gasteiger partial charge in [-0.15, -0.1) is 0 Å². The Balaban J connectivity index is 3.21. The molecule has 2 heteroatoms. The lowest BCUT2D eigenvalue weighted by molar-refractivity contribution is 0.164. The summed E-state index contributed by atoms with van der Waals surface area (Å²) in [5, 5.41) is 9.20. The van der Waals surface area contributed by atoms with Gasteiger partial charge in [0.2, 0.25) is 0 Å². The summed E-state index contributed by atoms with van der Waals surface area (Å²) >= 11 is 0. The maximum absolute atomic E-state index is 9.75. The Morgan fingerprint density at radius 1 is 1.55 bits per heavy atom. The minimum Gasteiger partial charge on any atom is -0.393 e. The lowest BCUT2D eigenvalue weighted by Crippen LogP contribution is -2.04. The smallest absolute Gasteiger partial charge is 0.120 e. The van der Waals surface area contributed by atoms with Crippen molar-refractivity contribution in [3.05, 3.63) is 6.08 Å². The van der Waals surface area contributed by atoms with Gasteiger partial charge < -0.3 is 5.11 Å². The van der Waals surface area contributed by atoms with Crippen LogP contribution in [0.1, 0.15) is 39.0 Å². The van der Waals surface area contributed by atoms with E-state index in [1.54, 1.807) is 5.94 Å². The summed E-state index contributed by atoms with van der Waals surface area (Å²) in [7, 11) is 0. The summed E-state index contributed by atoms with van der Waals surface area (Å²) in [6.07, 6.45) is 5.61. The molecule has 1 atom stereocenters. The molecule has 11 heavy (non-hydrogen) atoms. The second kappa shape index (κ2) is 7.52. The molecule has 0 fully saturated rings. The van der Waals surface area contributed by atoms with Crippen LogP contribution in [0.4, 0.5) is 0 Å². The first-order valence-corrected chi connectivity index (χ1v) is 4.18. The van der Waals surface area contributed by atoms with Crippen molar-refractivity contribution in [3.8, 4) is 0 Å². The minimum atomic E-state index is -0.344. The first-order valence-electron chi connectivity index (χ1n) is 4.18. The Bertz CT molecular complexity index is 126. The molecule has 0 radical (unpaired) electrons. The minimum absolute atomic E-state index is 0.344. The molecule has 0 saturated heterocycles. The Kier molecular flexibility index (Phi) is 7.11. The molecule has 0 aromatic rings. The van der Waals surface area contributed by atoms with Crippen molar-refractivity contribution in [1.29, 1.82) is 0 Å². The molecule has 0 aromatic heterocycles. The highest BCUT2D eigenvalue weighted by Crippen LogP contribution is 2.05. The second-order valence-corrected chi connectivity index (χ2v) is 2.71. The molecular weight excluding hydrogens is 140 g/mol. The summed E-state index contributed by atoms with van der Waals surface area (Å²) in [4.78, 5) is 9.75. The van der Waals surface area contributed by atoms with Crippen LogP contribution in [0.25, 0.3) is 0 Å². The van der Waals surface area contributed by atoms with Gasteiger partial charge in [-0.05, 0) is 6.42 Å². The van der Waals surface area contributed by atoms with E-state index in [1.165, 1.54) is 6.08 Å². The number of hydrogen-bond donors (Lipinski definition) is 1. The quantitative estimate of drug-likeness (QED) is 0.469. The molecule has 0 aliphatic rings. The highest BCUT2D eigenvalue weighted by atomic mass is 16.3. The third kappa shape index (κ3) is 7.31. The van der Waals surface area contributed by atoms with E-state index in [2.05, 4.69) is 6.92 Å². The van der Waals surface area contributed by atoms with Crippen molar-refractivity contribution in [2.45, 2.75) is 45.1 Å². The molecule has 0 amide bonds. The van der Waals surface area contributed by atoms with Gasteiger partial charge in [-0.3, -0.25) is 0 Å². The highest BCUT2D eigenvalue weighted by Gasteiger charge is 1.99. The summed E-state index contributed by atoms with van der Waals surface area (Å²) < 4.78 is 0. The summed E-state index contributed by atoms with van der Waals surface area (Å²) in [6, 6.07) is 0. The van der Waals surface area contributed by atoms with Crippen LogP contribution in [-0.2, 0) is 4.79 Å². The summed E-state index contributed by atoms with van der Waals surface area (Å²) in [5.74, 6) is 1.65. The van der Waals surface area contributed by atoms with Crippen LogP contribution < -0.4 is 0 Å². The third-order valence-corrected chi connectivity index (χ3v) is 1.61. The van der Waals surface area contributed by atoms with E-state index >= 15 is 0 Å². The van der Waals surface area contributed by atoms with E-state index in [-0.39, 0.29) is 6.10 Å². The molecule has 0 aliphatic heterocycles. The van der Waals surface area contributed by atoms with Crippen LogP contribution >= 0.6 is 0 Å². The van der Waals surface area contributed by atoms with Gasteiger partial charge in [0.25, 0.3) is 0 Å². The first-order chi connectivity index (χ1) is 5.31. The molecule has 0 rings (SSSR count). The topological polar surface area (TPSA) is 37.3 Å². The van der Waals surface area contributed by atoms with Crippen LogP contribution in [-0.4, -0.2) is 17.2 Å². The van der Waals surface area contributed by atoms with Crippen LogP contribution in [0.5, 0.6) is 0 Å². The van der Waals surface area contributed by atoms with Gasteiger partial charge in [0.15, 0.2) is 0 Å². The first kappa shape index (κ1) is 10.4. The summed E-state index contributed by atoms with van der Waals surface area (Å²) in [6.45, 7) is 2.12. The molecule has 64 valence electrons. The van der Waals surface area contributed by atoms with Crippen molar-refractivity contribution < 1.29 is 9.90 Å². The highest BCUT2D eigenvalue weighted by molar-refractivity contribution is 5.44. The van der Waals surface area contributed by atoms with Crippen LogP contribution in [0.2, 0.25) is 0 Å². The largest absolute Gasteiger partial charge is 0.393 e. The van der Waals surface area contributed by atoms with Gasteiger partial charge in [0.05, 0.1) is 6.10 Å². The van der Waals surface area contributed by atoms with E-state index in [4.69, 9.17) is 0 Å². The average Bonchev–Trinajstić information content (AvgIpc) is 2.01. The van der Waals surface area contributed by atoms with Crippen molar-refractivity contribution in [1.82, 2.24) is 0 Å². The Morgan fingerprint density at radius 2 is 2.27 bits per heavy atom. The molecule has 2 nitrogen and oxygen atoms in total. The molecule has 1 N–H and O–H groups in total. The van der Waals surface area contributed by atoms with Gasteiger partial charge in [0.1, 0.15) is 5.94 Å². The molecule has 0 bridgehead atoms.